The van der Waals surface area contributed by atoms with Crippen molar-refractivity contribution in [2.24, 2.45) is 0 Å². The van der Waals surface area contributed by atoms with E-state index in [0.29, 0.717) is 5.56 Å². The number of benzene rings is 1. The zero-order valence-electron chi connectivity index (χ0n) is 14.1. The third kappa shape index (κ3) is 3.92. The molecule has 3 amide bonds. The van der Waals surface area contributed by atoms with Crippen LogP contribution in [0.3, 0.4) is 0 Å². The van der Waals surface area contributed by atoms with Gasteiger partial charge in [-0.25, -0.2) is 0 Å². The Labute approximate surface area is 139 Å². The van der Waals surface area contributed by atoms with Gasteiger partial charge in [0.15, 0.2) is 0 Å². The summed E-state index contributed by atoms with van der Waals surface area (Å²) in [5.74, 6) is -2.16. The highest BCUT2D eigenvalue weighted by Crippen LogP contribution is 2.26. The third-order valence-corrected chi connectivity index (χ3v) is 3.63. The van der Waals surface area contributed by atoms with Crippen LogP contribution in [0.2, 0.25) is 0 Å². The summed E-state index contributed by atoms with van der Waals surface area (Å²) in [6.07, 6.45) is 1.56. The number of amides is 3. The molecular weight excluding hydrogens is 310 g/mol. The standard InChI is InChI=1S/C17H21N3O4/c1-9(2)18-16(22)17(23)20-19-14(21)7-12-8-24-15-11(4)10(3)5-6-13(12)15/h5-6,8-9H,7H2,1-4H3,(H,18,22)(H,19,21)(H,20,23). The number of rotatable bonds is 3. The monoisotopic (exact) mass is 331 g/mol. The van der Waals surface area contributed by atoms with E-state index < -0.39 is 17.7 Å². The lowest BCUT2D eigenvalue weighted by atomic mass is 10.0. The van der Waals surface area contributed by atoms with Gasteiger partial charge in [0.1, 0.15) is 5.58 Å². The average molecular weight is 331 g/mol. The van der Waals surface area contributed by atoms with Gasteiger partial charge in [0, 0.05) is 17.0 Å². The minimum Gasteiger partial charge on any atom is -0.464 e. The second-order valence-corrected chi connectivity index (χ2v) is 5.95. The van der Waals surface area contributed by atoms with Crippen LogP contribution in [0.1, 0.15) is 30.5 Å². The Balaban J connectivity index is 1.97. The summed E-state index contributed by atoms with van der Waals surface area (Å²) in [5, 5.41) is 3.29. The van der Waals surface area contributed by atoms with Gasteiger partial charge in [-0.05, 0) is 38.8 Å². The normalized spacial score (nSPS) is 10.7. The molecule has 0 atom stereocenters. The van der Waals surface area contributed by atoms with Crippen LogP contribution in [0.15, 0.2) is 22.8 Å². The summed E-state index contributed by atoms with van der Waals surface area (Å²) in [6.45, 7) is 7.41. The van der Waals surface area contributed by atoms with E-state index >= 15 is 0 Å². The molecule has 2 aromatic rings. The van der Waals surface area contributed by atoms with Crippen LogP contribution in [0.4, 0.5) is 0 Å². The van der Waals surface area contributed by atoms with Gasteiger partial charge < -0.3 is 9.73 Å². The molecule has 7 heteroatoms. The van der Waals surface area contributed by atoms with E-state index in [9.17, 15) is 14.4 Å². The SMILES string of the molecule is Cc1ccc2c(CC(=O)NNC(=O)C(=O)NC(C)C)coc2c1C. The van der Waals surface area contributed by atoms with E-state index in [1.807, 2.05) is 26.0 Å². The van der Waals surface area contributed by atoms with Crippen LogP contribution >= 0.6 is 0 Å². The van der Waals surface area contributed by atoms with E-state index in [2.05, 4.69) is 16.2 Å². The maximum absolute atomic E-state index is 12.0. The molecule has 0 radical (unpaired) electrons. The average Bonchev–Trinajstić information content (AvgIpc) is 2.91. The molecule has 0 saturated heterocycles. The van der Waals surface area contributed by atoms with Crippen molar-refractivity contribution in [1.29, 1.82) is 0 Å². The lowest BCUT2D eigenvalue weighted by Crippen LogP contribution is -2.50. The molecule has 128 valence electrons. The molecule has 0 spiro atoms. The topological polar surface area (TPSA) is 100 Å². The van der Waals surface area contributed by atoms with Crippen molar-refractivity contribution in [2.45, 2.75) is 40.2 Å². The highest BCUT2D eigenvalue weighted by atomic mass is 16.3. The molecule has 1 aromatic heterocycles. The van der Waals surface area contributed by atoms with Crippen molar-refractivity contribution < 1.29 is 18.8 Å². The van der Waals surface area contributed by atoms with E-state index in [1.54, 1.807) is 13.8 Å². The Kier molecular flexibility index (Phi) is 5.23. The van der Waals surface area contributed by atoms with Gasteiger partial charge in [0.2, 0.25) is 5.91 Å². The van der Waals surface area contributed by atoms with Crippen molar-refractivity contribution >= 4 is 28.7 Å². The lowest BCUT2D eigenvalue weighted by Gasteiger charge is -2.09. The Bertz CT molecular complexity index is 792. The summed E-state index contributed by atoms with van der Waals surface area (Å²) in [6, 6.07) is 3.70. The maximum Gasteiger partial charge on any atom is 0.327 e. The van der Waals surface area contributed by atoms with Gasteiger partial charge in [-0.3, -0.25) is 25.2 Å². The first-order valence-electron chi connectivity index (χ1n) is 7.65. The minimum absolute atomic E-state index is 0.0293. The van der Waals surface area contributed by atoms with Crippen LogP contribution in [-0.4, -0.2) is 23.8 Å². The fourth-order valence-corrected chi connectivity index (χ4v) is 2.25. The number of furan rings is 1. The van der Waals surface area contributed by atoms with Crippen LogP contribution in [0.25, 0.3) is 11.0 Å². The number of fused-ring (bicyclic) bond motifs is 1. The number of carbonyl (C=O) groups excluding carboxylic acids is 3. The van der Waals surface area contributed by atoms with Crippen molar-refractivity contribution in [2.75, 3.05) is 0 Å². The molecular formula is C17H21N3O4. The van der Waals surface area contributed by atoms with Gasteiger partial charge in [-0.15, -0.1) is 0 Å². The molecule has 24 heavy (non-hydrogen) atoms. The fourth-order valence-electron chi connectivity index (χ4n) is 2.25. The summed E-state index contributed by atoms with van der Waals surface area (Å²) >= 11 is 0. The van der Waals surface area contributed by atoms with Gasteiger partial charge in [0.05, 0.1) is 12.7 Å². The second kappa shape index (κ2) is 7.16. The van der Waals surface area contributed by atoms with Crippen LogP contribution in [0, 0.1) is 13.8 Å². The van der Waals surface area contributed by atoms with Crippen LogP contribution in [0.5, 0.6) is 0 Å². The van der Waals surface area contributed by atoms with Crippen molar-refractivity contribution in [3.8, 4) is 0 Å². The van der Waals surface area contributed by atoms with Gasteiger partial charge in [-0.1, -0.05) is 12.1 Å². The molecule has 7 nitrogen and oxygen atoms in total. The second-order valence-electron chi connectivity index (χ2n) is 5.95. The smallest absolute Gasteiger partial charge is 0.327 e. The number of nitrogens with one attached hydrogen (secondary N) is 3. The Morgan fingerprint density at radius 2 is 1.79 bits per heavy atom. The predicted molar refractivity (Wildman–Crippen MR) is 89.0 cm³/mol. The number of hydrazine groups is 1. The summed E-state index contributed by atoms with van der Waals surface area (Å²) < 4.78 is 5.54. The quantitative estimate of drug-likeness (QED) is 0.582. The first kappa shape index (κ1) is 17.5. The molecule has 1 aromatic carbocycles. The summed E-state index contributed by atoms with van der Waals surface area (Å²) in [7, 11) is 0. The van der Waals surface area contributed by atoms with Gasteiger partial charge >= 0.3 is 11.8 Å². The number of aryl methyl sites for hydroxylation is 2. The molecule has 0 aliphatic rings. The van der Waals surface area contributed by atoms with Gasteiger partial charge in [0.25, 0.3) is 0 Å². The van der Waals surface area contributed by atoms with Crippen molar-refractivity contribution in [3.63, 3.8) is 0 Å². The molecule has 2 rings (SSSR count). The molecule has 0 aliphatic carbocycles. The zero-order chi connectivity index (χ0) is 17.9. The maximum atomic E-state index is 12.0. The molecule has 3 N–H and O–H groups in total. The molecule has 0 aliphatic heterocycles. The first-order chi connectivity index (χ1) is 11.3. The fraction of sp³-hybridized carbons (Fsp3) is 0.353. The Hall–Kier alpha value is -2.83. The predicted octanol–water partition coefficient (Wildman–Crippen LogP) is 1.26. The largest absolute Gasteiger partial charge is 0.464 e. The molecule has 1 heterocycles. The van der Waals surface area contributed by atoms with Crippen molar-refractivity contribution in [3.05, 3.63) is 35.1 Å². The molecule has 0 saturated carbocycles. The van der Waals surface area contributed by atoms with Crippen LogP contribution < -0.4 is 16.2 Å². The third-order valence-electron chi connectivity index (χ3n) is 3.63. The highest BCUT2D eigenvalue weighted by molar-refractivity contribution is 6.35. The van der Waals surface area contributed by atoms with E-state index in [-0.39, 0.29) is 12.5 Å². The summed E-state index contributed by atoms with van der Waals surface area (Å²) in [4.78, 5) is 34.9. The first-order valence-corrected chi connectivity index (χ1v) is 7.65. The van der Waals surface area contributed by atoms with E-state index in [4.69, 9.17) is 4.42 Å². The van der Waals surface area contributed by atoms with Crippen LogP contribution in [-0.2, 0) is 20.8 Å². The Morgan fingerprint density at radius 1 is 1.08 bits per heavy atom. The molecule has 0 fully saturated rings. The van der Waals surface area contributed by atoms with E-state index in [0.717, 1.165) is 22.1 Å². The zero-order valence-corrected chi connectivity index (χ0v) is 14.1. The van der Waals surface area contributed by atoms with Crippen molar-refractivity contribution in [1.82, 2.24) is 16.2 Å². The lowest BCUT2D eigenvalue weighted by molar-refractivity contribution is -0.141. The number of hydrogen-bond acceptors (Lipinski definition) is 4. The number of carbonyl (C=O) groups is 3. The minimum atomic E-state index is -0.916. The van der Waals surface area contributed by atoms with Gasteiger partial charge in [-0.2, -0.15) is 0 Å². The number of hydrogen-bond donors (Lipinski definition) is 3. The summed E-state index contributed by atoms with van der Waals surface area (Å²) in [5.41, 5.74) is 7.91. The molecule has 0 unspecified atom stereocenters. The molecule has 0 bridgehead atoms. The highest BCUT2D eigenvalue weighted by Gasteiger charge is 2.16. The Morgan fingerprint density at radius 3 is 2.46 bits per heavy atom. The van der Waals surface area contributed by atoms with E-state index in [1.165, 1.54) is 6.26 Å².